The van der Waals surface area contributed by atoms with Crippen molar-refractivity contribution in [3.8, 4) is 0 Å². The highest BCUT2D eigenvalue weighted by molar-refractivity contribution is 5.80. The summed E-state index contributed by atoms with van der Waals surface area (Å²) in [6.45, 7) is 12.1. The molecule has 1 aliphatic heterocycles. The van der Waals surface area contributed by atoms with Gasteiger partial charge in [0.15, 0.2) is 11.8 Å². The van der Waals surface area contributed by atoms with Crippen molar-refractivity contribution in [2.45, 2.75) is 58.8 Å². The molecule has 0 aliphatic carbocycles. The van der Waals surface area contributed by atoms with Crippen LogP contribution in [0.15, 0.2) is 39.8 Å². The van der Waals surface area contributed by atoms with Gasteiger partial charge in [-0.25, -0.2) is 0 Å². The largest absolute Gasteiger partial charge is 0.357 e. The molecule has 0 bridgehead atoms. The Labute approximate surface area is 174 Å². The first-order valence-corrected chi connectivity index (χ1v) is 11.0. The minimum atomic E-state index is 0.283. The first kappa shape index (κ1) is 21.3. The fourth-order valence-electron chi connectivity index (χ4n) is 4.06. The second kappa shape index (κ2) is 10.4. The van der Waals surface area contributed by atoms with Crippen LogP contribution in [0.2, 0.25) is 0 Å². The second-order valence-electron chi connectivity index (χ2n) is 8.11. The number of piperidine rings is 1. The second-order valence-corrected chi connectivity index (χ2v) is 8.11. The number of nitrogens with zero attached hydrogens (tertiary/aromatic N) is 4. The van der Waals surface area contributed by atoms with Crippen LogP contribution in [0.25, 0.3) is 0 Å². The van der Waals surface area contributed by atoms with Gasteiger partial charge in [-0.15, -0.1) is 0 Å². The Morgan fingerprint density at radius 3 is 2.72 bits per heavy atom. The summed E-state index contributed by atoms with van der Waals surface area (Å²) in [5, 5.41) is 7.51. The van der Waals surface area contributed by atoms with Crippen LogP contribution < -0.4 is 5.32 Å². The van der Waals surface area contributed by atoms with Gasteiger partial charge in [-0.1, -0.05) is 62.7 Å². The van der Waals surface area contributed by atoms with Gasteiger partial charge >= 0.3 is 0 Å². The summed E-state index contributed by atoms with van der Waals surface area (Å²) in [5.74, 6) is 3.99. The van der Waals surface area contributed by atoms with E-state index in [1.165, 1.54) is 12.0 Å². The molecule has 2 atom stereocenters. The Hall–Kier alpha value is -2.37. The van der Waals surface area contributed by atoms with Crippen molar-refractivity contribution in [3.05, 3.63) is 47.6 Å². The molecule has 0 amide bonds. The van der Waals surface area contributed by atoms with Crippen molar-refractivity contribution in [3.63, 3.8) is 0 Å². The number of aromatic nitrogens is 2. The van der Waals surface area contributed by atoms with Crippen LogP contribution in [-0.2, 0) is 6.42 Å². The summed E-state index contributed by atoms with van der Waals surface area (Å²) in [4.78, 5) is 11.7. The zero-order valence-corrected chi connectivity index (χ0v) is 18.3. The van der Waals surface area contributed by atoms with Crippen molar-refractivity contribution in [2.24, 2.45) is 10.9 Å². The Morgan fingerprint density at radius 2 is 2.07 bits per heavy atom. The highest BCUT2D eigenvalue weighted by atomic mass is 16.5. The van der Waals surface area contributed by atoms with E-state index in [1.54, 1.807) is 0 Å². The van der Waals surface area contributed by atoms with Gasteiger partial charge in [0.05, 0.1) is 6.54 Å². The average molecular weight is 398 g/mol. The molecule has 1 aromatic carbocycles. The number of aliphatic imine (C=N–C) groups is 1. The van der Waals surface area contributed by atoms with Crippen LogP contribution in [0.3, 0.4) is 0 Å². The number of hydrogen-bond acceptors (Lipinski definition) is 4. The van der Waals surface area contributed by atoms with Gasteiger partial charge in [-0.05, 0) is 30.7 Å². The van der Waals surface area contributed by atoms with Crippen LogP contribution >= 0.6 is 0 Å². The lowest BCUT2D eigenvalue weighted by Crippen LogP contribution is -2.48. The molecule has 1 aromatic heterocycles. The maximum Gasteiger partial charge on any atom is 0.228 e. The summed E-state index contributed by atoms with van der Waals surface area (Å²) in [7, 11) is 0. The molecule has 29 heavy (non-hydrogen) atoms. The lowest BCUT2D eigenvalue weighted by atomic mass is 9.79. The molecule has 0 spiro atoms. The number of nitrogens with one attached hydrogen (secondary N) is 1. The van der Waals surface area contributed by atoms with Crippen LogP contribution in [0, 0.1) is 5.92 Å². The van der Waals surface area contributed by atoms with Gasteiger partial charge in [0, 0.05) is 32.0 Å². The first-order valence-electron chi connectivity index (χ1n) is 11.0. The van der Waals surface area contributed by atoms with E-state index < -0.39 is 0 Å². The maximum atomic E-state index is 5.35. The van der Waals surface area contributed by atoms with E-state index >= 15 is 0 Å². The van der Waals surface area contributed by atoms with Crippen molar-refractivity contribution in [1.29, 1.82) is 0 Å². The molecular formula is C23H35N5O. The van der Waals surface area contributed by atoms with Crippen molar-refractivity contribution >= 4 is 5.96 Å². The van der Waals surface area contributed by atoms with Gasteiger partial charge < -0.3 is 14.7 Å². The van der Waals surface area contributed by atoms with Gasteiger partial charge in [0.2, 0.25) is 5.89 Å². The van der Waals surface area contributed by atoms with E-state index in [4.69, 9.17) is 9.52 Å². The molecule has 2 heterocycles. The molecule has 0 saturated carbocycles. The average Bonchev–Trinajstić information content (AvgIpc) is 3.22. The standard InChI is InChI=1S/C23H35N5O/c1-5-18-16-28(15-13-20(18)19-10-8-7-9-11-19)23(24-6-2)25-14-12-21-26-22(17(3)4)27-29-21/h7-11,17-18,20H,5-6,12-16H2,1-4H3,(H,24,25). The van der Waals surface area contributed by atoms with E-state index in [2.05, 4.69) is 78.4 Å². The van der Waals surface area contributed by atoms with Crippen molar-refractivity contribution in [2.75, 3.05) is 26.2 Å². The Kier molecular flexibility index (Phi) is 7.67. The van der Waals surface area contributed by atoms with E-state index in [-0.39, 0.29) is 5.92 Å². The molecule has 0 radical (unpaired) electrons. The summed E-state index contributed by atoms with van der Waals surface area (Å²) in [6, 6.07) is 11.0. The van der Waals surface area contributed by atoms with Crippen molar-refractivity contribution < 1.29 is 4.52 Å². The highest BCUT2D eigenvalue weighted by Crippen LogP contribution is 2.34. The maximum absolute atomic E-state index is 5.35. The predicted molar refractivity (Wildman–Crippen MR) is 117 cm³/mol. The fourth-order valence-corrected chi connectivity index (χ4v) is 4.06. The predicted octanol–water partition coefficient (Wildman–Crippen LogP) is 4.22. The summed E-state index contributed by atoms with van der Waals surface area (Å²) < 4.78 is 5.35. The Bertz CT molecular complexity index is 771. The molecule has 1 fully saturated rings. The van der Waals surface area contributed by atoms with Gasteiger partial charge in [-0.3, -0.25) is 4.99 Å². The van der Waals surface area contributed by atoms with Gasteiger partial charge in [0.25, 0.3) is 0 Å². The molecule has 158 valence electrons. The van der Waals surface area contributed by atoms with E-state index in [0.717, 1.165) is 37.8 Å². The molecule has 3 rings (SSSR count). The fraction of sp³-hybridized carbons (Fsp3) is 0.609. The first-order chi connectivity index (χ1) is 14.1. The normalized spacial score (nSPS) is 20.3. The van der Waals surface area contributed by atoms with Crippen LogP contribution in [0.1, 0.15) is 69.7 Å². The summed E-state index contributed by atoms with van der Waals surface area (Å²) >= 11 is 0. The van der Waals surface area contributed by atoms with Crippen molar-refractivity contribution in [1.82, 2.24) is 20.4 Å². The van der Waals surface area contributed by atoms with E-state index in [9.17, 15) is 0 Å². The number of guanidine groups is 1. The molecular weight excluding hydrogens is 362 g/mol. The summed E-state index contributed by atoms with van der Waals surface area (Å²) in [6.07, 6.45) is 3.01. The minimum Gasteiger partial charge on any atom is -0.357 e. The van der Waals surface area contributed by atoms with E-state index in [1.807, 2.05) is 0 Å². The van der Waals surface area contributed by atoms with Crippen LogP contribution in [0.4, 0.5) is 0 Å². The zero-order valence-electron chi connectivity index (χ0n) is 18.3. The number of rotatable bonds is 7. The number of likely N-dealkylation sites (tertiary alicyclic amines) is 1. The van der Waals surface area contributed by atoms with Crippen LogP contribution in [-0.4, -0.2) is 47.2 Å². The lowest BCUT2D eigenvalue weighted by Gasteiger charge is -2.40. The Balaban J connectivity index is 1.63. The monoisotopic (exact) mass is 397 g/mol. The third kappa shape index (κ3) is 5.58. The smallest absolute Gasteiger partial charge is 0.228 e. The van der Waals surface area contributed by atoms with Gasteiger partial charge in [0.1, 0.15) is 0 Å². The molecule has 2 unspecified atom stereocenters. The molecule has 1 aliphatic rings. The topological polar surface area (TPSA) is 66.5 Å². The summed E-state index contributed by atoms with van der Waals surface area (Å²) in [5.41, 5.74) is 1.47. The SMILES string of the molecule is CCNC(=NCCc1nc(C(C)C)no1)N1CCC(c2ccccc2)C(CC)C1. The zero-order chi connectivity index (χ0) is 20.6. The number of benzene rings is 1. The molecule has 6 nitrogen and oxygen atoms in total. The van der Waals surface area contributed by atoms with E-state index in [0.29, 0.717) is 30.7 Å². The third-order valence-corrected chi connectivity index (χ3v) is 5.71. The molecule has 1 N–H and O–H groups in total. The molecule has 2 aromatic rings. The van der Waals surface area contributed by atoms with Crippen LogP contribution in [0.5, 0.6) is 0 Å². The minimum absolute atomic E-state index is 0.283. The number of hydrogen-bond donors (Lipinski definition) is 1. The highest BCUT2D eigenvalue weighted by Gasteiger charge is 2.30. The van der Waals surface area contributed by atoms with Gasteiger partial charge in [-0.2, -0.15) is 4.98 Å². The Morgan fingerprint density at radius 1 is 1.28 bits per heavy atom. The lowest BCUT2D eigenvalue weighted by molar-refractivity contribution is 0.215. The molecule has 1 saturated heterocycles. The quantitative estimate of drug-likeness (QED) is 0.560. The molecule has 6 heteroatoms. The third-order valence-electron chi connectivity index (χ3n) is 5.71.